The van der Waals surface area contributed by atoms with Crippen LogP contribution in [0.2, 0.25) is 0 Å². The molecule has 0 aliphatic carbocycles. The molecule has 1 atom stereocenters. The largest absolute Gasteiger partial charge is 0.428 e. The number of nitrogens with zero attached hydrogens (tertiary/aromatic N) is 1. The summed E-state index contributed by atoms with van der Waals surface area (Å²) in [6, 6.07) is 6.95. The number of hydrogen-bond donors (Lipinski definition) is 0. The Morgan fingerprint density at radius 2 is 2.12 bits per heavy atom. The van der Waals surface area contributed by atoms with Crippen molar-refractivity contribution in [2.75, 3.05) is 11.6 Å². The first-order chi connectivity index (χ1) is 8.03. The topological polar surface area (TPSA) is 60.2 Å². The highest BCUT2D eigenvalue weighted by atomic mass is 35.5. The summed E-state index contributed by atoms with van der Waals surface area (Å²) in [6.45, 7) is 1.77. The molecule has 0 aliphatic rings. The van der Waals surface area contributed by atoms with E-state index in [1.54, 1.807) is 31.2 Å². The zero-order chi connectivity index (χ0) is 12.5. The number of hydrogen-bond acceptors (Lipinski definition) is 4. The van der Waals surface area contributed by atoms with E-state index in [1.807, 2.05) is 0 Å². The Morgan fingerprint density at radius 3 is 2.76 bits per heavy atom. The van der Waals surface area contributed by atoms with E-state index in [9.17, 15) is 8.42 Å². The SMILES string of the molecule is CC(CCl)CS(=O)(=O)c1nc2ccccc2o1. The van der Waals surface area contributed by atoms with Gasteiger partial charge in [-0.2, -0.15) is 4.98 Å². The first-order valence-electron chi connectivity index (χ1n) is 5.17. The zero-order valence-electron chi connectivity index (χ0n) is 9.26. The number of benzene rings is 1. The van der Waals surface area contributed by atoms with Crippen LogP contribution in [-0.2, 0) is 9.84 Å². The maximum atomic E-state index is 12.0. The van der Waals surface area contributed by atoms with Crippen LogP contribution in [0.4, 0.5) is 0 Å². The number of sulfone groups is 1. The number of rotatable bonds is 4. The van der Waals surface area contributed by atoms with Gasteiger partial charge in [-0.05, 0) is 18.1 Å². The first kappa shape index (κ1) is 12.4. The molecule has 1 heterocycles. The van der Waals surface area contributed by atoms with Crippen molar-refractivity contribution in [1.82, 2.24) is 4.98 Å². The van der Waals surface area contributed by atoms with Crippen LogP contribution < -0.4 is 0 Å². The molecule has 0 aliphatic heterocycles. The molecule has 2 aromatic rings. The van der Waals surface area contributed by atoms with Gasteiger partial charge in [0.15, 0.2) is 5.58 Å². The van der Waals surface area contributed by atoms with Crippen molar-refractivity contribution in [3.05, 3.63) is 24.3 Å². The molecule has 0 N–H and O–H groups in total. The average Bonchev–Trinajstić information content (AvgIpc) is 2.72. The molecular formula is C11H12ClNO3S. The van der Waals surface area contributed by atoms with Gasteiger partial charge in [0, 0.05) is 5.88 Å². The van der Waals surface area contributed by atoms with Crippen molar-refractivity contribution in [2.45, 2.75) is 12.1 Å². The lowest BCUT2D eigenvalue weighted by molar-refractivity contribution is 0.455. The molecule has 0 radical (unpaired) electrons. The molecular weight excluding hydrogens is 262 g/mol. The lowest BCUT2D eigenvalue weighted by Gasteiger charge is -2.04. The second-order valence-electron chi connectivity index (χ2n) is 3.99. The number of alkyl halides is 1. The summed E-state index contributed by atoms with van der Waals surface area (Å²) in [6.07, 6.45) is 0. The number of aromatic nitrogens is 1. The third-order valence-electron chi connectivity index (χ3n) is 2.31. The third-order valence-corrected chi connectivity index (χ3v) is 4.55. The van der Waals surface area contributed by atoms with Crippen molar-refractivity contribution in [1.29, 1.82) is 0 Å². The number of oxazole rings is 1. The first-order valence-corrected chi connectivity index (χ1v) is 7.36. The van der Waals surface area contributed by atoms with Gasteiger partial charge in [0.1, 0.15) is 5.52 Å². The fourth-order valence-corrected chi connectivity index (χ4v) is 3.18. The average molecular weight is 274 g/mol. The van der Waals surface area contributed by atoms with Gasteiger partial charge in [-0.15, -0.1) is 11.6 Å². The summed E-state index contributed by atoms with van der Waals surface area (Å²) in [7, 11) is -3.50. The molecule has 0 amide bonds. The molecule has 0 saturated heterocycles. The lowest BCUT2D eigenvalue weighted by Crippen LogP contribution is -2.15. The van der Waals surface area contributed by atoms with Crippen LogP contribution in [0.5, 0.6) is 0 Å². The van der Waals surface area contributed by atoms with Crippen LogP contribution in [0, 0.1) is 5.92 Å². The zero-order valence-corrected chi connectivity index (χ0v) is 10.8. The van der Waals surface area contributed by atoms with Crippen LogP contribution >= 0.6 is 11.6 Å². The Kier molecular flexibility index (Phi) is 3.40. The van der Waals surface area contributed by atoms with Crippen LogP contribution in [0.25, 0.3) is 11.1 Å². The number of fused-ring (bicyclic) bond motifs is 1. The van der Waals surface area contributed by atoms with Crippen molar-refractivity contribution in [2.24, 2.45) is 5.92 Å². The van der Waals surface area contributed by atoms with Crippen LogP contribution in [0.1, 0.15) is 6.92 Å². The van der Waals surface area contributed by atoms with E-state index in [0.717, 1.165) is 0 Å². The summed E-state index contributed by atoms with van der Waals surface area (Å²) in [5.41, 5.74) is 1.02. The van der Waals surface area contributed by atoms with E-state index in [0.29, 0.717) is 17.0 Å². The standard InChI is InChI=1S/C11H12ClNO3S/c1-8(6-12)7-17(14,15)11-13-9-4-2-3-5-10(9)16-11/h2-5,8H,6-7H2,1H3. The van der Waals surface area contributed by atoms with Crippen LogP contribution in [0.3, 0.4) is 0 Å². The van der Waals surface area contributed by atoms with Gasteiger partial charge in [-0.3, -0.25) is 0 Å². The lowest BCUT2D eigenvalue weighted by atomic mass is 10.3. The summed E-state index contributed by atoms with van der Waals surface area (Å²) in [4.78, 5) is 3.97. The predicted molar refractivity (Wildman–Crippen MR) is 65.9 cm³/mol. The van der Waals surface area contributed by atoms with E-state index in [2.05, 4.69) is 4.98 Å². The second kappa shape index (κ2) is 4.66. The summed E-state index contributed by atoms with van der Waals surface area (Å²) >= 11 is 5.61. The molecule has 2 rings (SSSR count). The quantitative estimate of drug-likeness (QED) is 0.803. The highest BCUT2D eigenvalue weighted by molar-refractivity contribution is 7.91. The Balaban J connectivity index is 2.39. The number of para-hydroxylation sites is 2. The van der Waals surface area contributed by atoms with Crippen molar-refractivity contribution in [3.8, 4) is 0 Å². The van der Waals surface area contributed by atoms with Crippen molar-refractivity contribution >= 4 is 32.5 Å². The highest BCUT2D eigenvalue weighted by Gasteiger charge is 2.24. The molecule has 0 fully saturated rings. The molecule has 1 unspecified atom stereocenters. The predicted octanol–water partition coefficient (Wildman–Crippen LogP) is 2.48. The summed E-state index contributed by atoms with van der Waals surface area (Å²) < 4.78 is 29.1. The summed E-state index contributed by atoms with van der Waals surface area (Å²) in [5, 5.41) is -0.226. The van der Waals surface area contributed by atoms with Gasteiger partial charge in [0.25, 0.3) is 0 Å². The molecule has 1 aromatic carbocycles. The van der Waals surface area contributed by atoms with E-state index >= 15 is 0 Å². The molecule has 92 valence electrons. The van der Waals surface area contributed by atoms with Gasteiger partial charge >= 0.3 is 5.22 Å². The van der Waals surface area contributed by atoms with Crippen molar-refractivity contribution in [3.63, 3.8) is 0 Å². The number of halogens is 1. The molecule has 0 spiro atoms. The normalized spacial score (nSPS) is 14.0. The van der Waals surface area contributed by atoms with Gasteiger partial charge in [0.05, 0.1) is 5.75 Å². The van der Waals surface area contributed by atoms with Crippen LogP contribution in [0.15, 0.2) is 33.9 Å². The maximum Gasteiger partial charge on any atom is 0.316 e. The van der Waals surface area contributed by atoms with E-state index < -0.39 is 9.84 Å². The highest BCUT2D eigenvalue weighted by Crippen LogP contribution is 2.20. The third kappa shape index (κ3) is 2.61. The molecule has 17 heavy (non-hydrogen) atoms. The molecule has 6 heteroatoms. The Hall–Kier alpha value is -1.07. The Morgan fingerprint density at radius 1 is 1.41 bits per heavy atom. The van der Waals surface area contributed by atoms with E-state index in [1.165, 1.54) is 0 Å². The van der Waals surface area contributed by atoms with E-state index in [-0.39, 0.29) is 16.9 Å². The molecule has 0 bridgehead atoms. The monoisotopic (exact) mass is 273 g/mol. The van der Waals surface area contributed by atoms with E-state index in [4.69, 9.17) is 16.0 Å². The maximum absolute atomic E-state index is 12.0. The fraction of sp³-hybridized carbons (Fsp3) is 0.364. The van der Waals surface area contributed by atoms with Crippen LogP contribution in [-0.4, -0.2) is 25.0 Å². The fourth-order valence-electron chi connectivity index (χ4n) is 1.47. The van der Waals surface area contributed by atoms with Gasteiger partial charge in [-0.25, -0.2) is 8.42 Å². The van der Waals surface area contributed by atoms with Gasteiger partial charge < -0.3 is 4.42 Å². The minimum Gasteiger partial charge on any atom is -0.428 e. The minimum absolute atomic E-state index is 0.0523. The Labute approximate surface area is 105 Å². The molecule has 4 nitrogen and oxygen atoms in total. The second-order valence-corrected chi connectivity index (χ2v) is 6.21. The molecule has 0 saturated carbocycles. The van der Waals surface area contributed by atoms with Gasteiger partial charge in [-0.1, -0.05) is 19.1 Å². The molecule has 1 aromatic heterocycles. The smallest absolute Gasteiger partial charge is 0.316 e. The Bertz CT molecular complexity index is 587. The summed E-state index contributed by atoms with van der Waals surface area (Å²) in [5.74, 6) is 0.111. The van der Waals surface area contributed by atoms with Crippen molar-refractivity contribution < 1.29 is 12.8 Å². The minimum atomic E-state index is -3.50. The van der Waals surface area contributed by atoms with Gasteiger partial charge in [0.2, 0.25) is 9.84 Å².